The molecule has 1 heterocycles. The van der Waals surface area contributed by atoms with E-state index in [0.29, 0.717) is 5.11 Å². The van der Waals surface area contributed by atoms with Crippen LogP contribution in [-0.4, -0.2) is 21.4 Å². The smallest absolute Gasteiger partial charge is 0.171 e. The molecule has 0 unspecified atom stereocenters. The number of anilines is 1. The third-order valence-corrected chi connectivity index (χ3v) is 1.79. The third-order valence-electron chi connectivity index (χ3n) is 1.54. The first-order valence-electron chi connectivity index (χ1n) is 4.34. The molecule has 1 aromatic rings. The van der Waals surface area contributed by atoms with Gasteiger partial charge in [0.05, 0.1) is 0 Å². The number of aryl methyl sites for hydroxylation is 1. The highest BCUT2D eigenvalue weighted by atomic mass is 32.1. The van der Waals surface area contributed by atoms with E-state index in [0.717, 1.165) is 18.9 Å². The number of nitrogens with zero attached hydrogens (tertiary/aromatic N) is 2. The Morgan fingerprint density at radius 1 is 1.62 bits per heavy atom. The van der Waals surface area contributed by atoms with E-state index in [1.165, 1.54) is 0 Å². The summed E-state index contributed by atoms with van der Waals surface area (Å²) in [6, 6.07) is 1.90. The van der Waals surface area contributed by atoms with Gasteiger partial charge in [0.15, 0.2) is 10.9 Å². The molecule has 0 spiro atoms. The second-order valence-electron chi connectivity index (χ2n) is 2.54. The van der Waals surface area contributed by atoms with Crippen molar-refractivity contribution in [2.75, 3.05) is 11.9 Å². The van der Waals surface area contributed by atoms with E-state index < -0.39 is 0 Å². The van der Waals surface area contributed by atoms with Gasteiger partial charge in [-0.2, -0.15) is 5.10 Å². The molecule has 4 nitrogen and oxygen atoms in total. The van der Waals surface area contributed by atoms with Crippen LogP contribution < -0.4 is 10.6 Å². The summed E-state index contributed by atoms with van der Waals surface area (Å²) in [6.07, 6.45) is 1.91. The maximum Gasteiger partial charge on any atom is 0.171 e. The van der Waals surface area contributed by atoms with Crippen LogP contribution in [-0.2, 0) is 6.54 Å². The van der Waals surface area contributed by atoms with E-state index >= 15 is 0 Å². The number of nitrogens with one attached hydrogen (secondary N) is 2. The van der Waals surface area contributed by atoms with Crippen molar-refractivity contribution in [2.45, 2.75) is 20.4 Å². The van der Waals surface area contributed by atoms with Crippen molar-refractivity contribution in [3.05, 3.63) is 12.3 Å². The lowest BCUT2D eigenvalue weighted by atomic mass is 10.6. The number of rotatable bonds is 3. The predicted molar refractivity (Wildman–Crippen MR) is 57.8 cm³/mol. The van der Waals surface area contributed by atoms with Gasteiger partial charge in [0.25, 0.3) is 0 Å². The minimum atomic E-state index is 0.615. The summed E-state index contributed by atoms with van der Waals surface area (Å²) in [7, 11) is 0. The Balaban J connectivity index is 2.49. The van der Waals surface area contributed by atoms with Crippen LogP contribution in [0, 0.1) is 0 Å². The van der Waals surface area contributed by atoms with Gasteiger partial charge >= 0.3 is 0 Å². The van der Waals surface area contributed by atoms with Gasteiger partial charge in [-0.3, -0.25) is 4.68 Å². The fraction of sp³-hybridized carbons (Fsp3) is 0.500. The lowest BCUT2D eigenvalue weighted by Gasteiger charge is -2.04. The first-order chi connectivity index (χ1) is 6.26. The minimum Gasteiger partial charge on any atom is -0.363 e. The fourth-order valence-corrected chi connectivity index (χ4v) is 1.17. The highest BCUT2D eigenvalue weighted by molar-refractivity contribution is 7.80. The van der Waals surface area contributed by atoms with Crippen LogP contribution in [0.2, 0.25) is 0 Å². The summed E-state index contributed by atoms with van der Waals surface area (Å²) < 4.78 is 1.84. The number of thiocarbonyl (C=S) groups is 1. The SMILES string of the molecule is CCNC(=S)Nc1ccn(CC)n1. The Labute approximate surface area is 83.3 Å². The molecule has 1 aromatic heterocycles. The van der Waals surface area contributed by atoms with Crippen LogP contribution >= 0.6 is 12.2 Å². The van der Waals surface area contributed by atoms with Crippen LogP contribution in [0.1, 0.15) is 13.8 Å². The van der Waals surface area contributed by atoms with Gasteiger partial charge < -0.3 is 10.6 Å². The third kappa shape index (κ3) is 3.02. The monoisotopic (exact) mass is 198 g/mol. The number of hydrogen-bond acceptors (Lipinski definition) is 2. The fourth-order valence-electron chi connectivity index (χ4n) is 0.926. The first-order valence-corrected chi connectivity index (χ1v) is 4.75. The summed E-state index contributed by atoms with van der Waals surface area (Å²) in [5.41, 5.74) is 0. The van der Waals surface area contributed by atoms with E-state index in [1.807, 2.05) is 30.8 Å². The van der Waals surface area contributed by atoms with Crippen LogP contribution in [0.4, 0.5) is 5.82 Å². The van der Waals surface area contributed by atoms with Gasteiger partial charge in [-0.05, 0) is 26.1 Å². The lowest BCUT2D eigenvalue weighted by molar-refractivity contribution is 0.662. The molecule has 1 rings (SSSR count). The Hall–Kier alpha value is -1.10. The lowest BCUT2D eigenvalue weighted by Crippen LogP contribution is -2.28. The van der Waals surface area contributed by atoms with Crippen molar-refractivity contribution >= 4 is 23.1 Å². The van der Waals surface area contributed by atoms with Crippen molar-refractivity contribution in [3.63, 3.8) is 0 Å². The topological polar surface area (TPSA) is 41.9 Å². The van der Waals surface area contributed by atoms with Crippen LogP contribution in [0.15, 0.2) is 12.3 Å². The quantitative estimate of drug-likeness (QED) is 0.716. The minimum absolute atomic E-state index is 0.615. The van der Waals surface area contributed by atoms with E-state index in [4.69, 9.17) is 12.2 Å². The molecule has 0 bridgehead atoms. The second-order valence-corrected chi connectivity index (χ2v) is 2.95. The highest BCUT2D eigenvalue weighted by Gasteiger charge is 1.98. The molecule has 0 amide bonds. The largest absolute Gasteiger partial charge is 0.363 e. The van der Waals surface area contributed by atoms with E-state index in [-0.39, 0.29) is 0 Å². The van der Waals surface area contributed by atoms with Crippen molar-refractivity contribution in [1.29, 1.82) is 0 Å². The van der Waals surface area contributed by atoms with Crippen LogP contribution in [0.5, 0.6) is 0 Å². The standard InChI is InChI=1S/C8H14N4S/c1-3-9-8(13)10-7-5-6-12(4-2)11-7/h5-6H,3-4H2,1-2H3,(H2,9,10,11,13). The highest BCUT2D eigenvalue weighted by Crippen LogP contribution is 2.01. The molecule has 0 atom stereocenters. The molecular weight excluding hydrogens is 184 g/mol. The number of hydrogen-bond donors (Lipinski definition) is 2. The molecule has 0 fully saturated rings. The van der Waals surface area contributed by atoms with E-state index in [1.54, 1.807) is 0 Å². The molecule has 0 aliphatic heterocycles. The Morgan fingerprint density at radius 3 is 2.92 bits per heavy atom. The zero-order chi connectivity index (χ0) is 9.68. The molecule has 13 heavy (non-hydrogen) atoms. The Kier molecular flexibility index (Phi) is 3.70. The molecule has 5 heteroatoms. The van der Waals surface area contributed by atoms with Crippen molar-refractivity contribution < 1.29 is 0 Å². The maximum absolute atomic E-state index is 5.01. The van der Waals surface area contributed by atoms with Gasteiger partial charge in [-0.15, -0.1) is 0 Å². The van der Waals surface area contributed by atoms with Crippen molar-refractivity contribution in [1.82, 2.24) is 15.1 Å². The number of aromatic nitrogens is 2. The first kappa shape index (κ1) is 9.98. The van der Waals surface area contributed by atoms with Gasteiger partial charge in [-0.25, -0.2) is 0 Å². The van der Waals surface area contributed by atoms with Gasteiger partial charge in [-0.1, -0.05) is 0 Å². The summed E-state index contributed by atoms with van der Waals surface area (Å²) in [5.74, 6) is 0.785. The van der Waals surface area contributed by atoms with Crippen LogP contribution in [0.25, 0.3) is 0 Å². The van der Waals surface area contributed by atoms with Crippen molar-refractivity contribution in [3.8, 4) is 0 Å². The van der Waals surface area contributed by atoms with Gasteiger partial charge in [0.2, 0.25) is 0 Å². The van der Waals surface area contributed by atoms with Gasteiger partial charge in [0, 0.05) is 25.4 Å². The van der Waals surface area contributed by atoms with Crippen LogP contribution in [0.3, 0.4) is 0 Å². The molecule has 2 N–H and O–H groups in total. The average Bonchev–Trinajstić information content (AvgIpc) is 2.52. The molecule has 0 aliphatic rings. The Morgan fingerprint density at radius 2 is 2.38 bits per heavy atom. The Bertz CT molecular complexity index is 281. The summed E-state index contributed by atoms with van der Waals surface area (Å²) in [4.78, 5) is 0. The maximum atomic E-state index is 5.01. The zero-order valence-corrected chi connectivity index (χ0v) is 8.69. The van der Waals surface area contributed by atoms with Gasteiger partial charge in [0.1, 0.15) is 0 Å². The predicted octanol–water partition coefficient (Wildman–Crippen LogP) is 1.21. The summed E-state index contributed by atoms with van der Waals surface area (Å²) in [6.45, 7) is 5.73. The molecular formula is C8H14N4S. The average molecular weight is 198 g/mol. The zero-order valence-electron chi connectivity index (χ0n) is 7.87. The van der Waals surface area contributed by atoms with E-state index in [2.05, 4.69) is 15.7 Å². The molecule has 0 aromatic carbocycles. The molecule has 0 aliphatic carbocycles. The van der Waals surface area contributed by atoms with Crippen molar-refractivity contribution in [2.24, 2.45) is 0 Å². The second kappa shape index (κ2) is 4.81. The van der Waals surface area contributed by atoms with E-state index in [9.17, 15) is 0 Å². The normalized spacial score (nSPS) is 9.69. The summed E-state index contributed by atoms with van der Waals surface area (Å²) >= 11 is 5.01. The molecule has 0 saturated carbocycles. The molecule has 0 saturated heterocycles. The molecule has 0 radical (unpaired) electrons. The molecule has 72 valence electrons. The summed E-state index contributed by atoms with van der Waals surface area (Å²) in [5, 5.41) is 10.8.